The molecule has 0 aliphatic carbocycles. The van der Waals surface area contributed by atoms with E-state index in [9.17, 15) is 0 Å². The summed E-state index contributed by atoms with van der Waals surface area (Å²) in [5.74, 6) is 0. The predicted molar refractivity (Wildman–Crippen MR) is 55.8 cm³/mol. The molecule has 0 spiro atoms. The molecule has 1 N–H and O–H groups in total. The molecule has 0 aliphatic rings. The van der Waals surface area contributed by atoms with E-state index in [1.165, 1.54) is 0 Å². The Morgan fingerprint density at radius 1 is 1.46 bits per heavy atom. The Labute approximate surface area is 83.4 Å². The van der Waals surface area contributed by atoms with Crippen molar-refractivity contribution in [2.75, 3.05) is 0 Å². The highest BCUT2D eigenvalue weighted by atomic mass is 32.2. The van der Waals surface area contributed by atoms with E-state index < -0.39 is 0 Å². The van der Waals surface area contributed by atoms with Crippen molar-refractivity contribution in [2.24, 2.45) is 0 Å². The van der Waals surface area contributed by atoms with Crippen molar-refractivity contribution < 1.29 is 5.11 Å². The van der Waals surface area contributed by atoms with Gasteiger partial charge in [0.25, 0.3) is 0 Å². The lowest BCUT2D eigenvalue weighted by Crippen LogP contribution is -2.08. The maximum absolute atomic E-state index is 9.04. The zero-order chi connectivity index (χ0) is 9.90. The van der Waals surface area contributed by atoms with Crippen LogP contribution in [0.3, 0.4) is 0 Å². The van der Waals surface area contributed by atoms with Crippen LogP contribution >= 0.6 is 11.8 Å². The first kappa shape index (κ1) is 10.5. The summed E-state index contributed by atoms with van der Waals surface area (Å²) in [6.45, 7) is 6.45. The molecule has 0 atom stereocenters. The second-order valence-corrected chi connectivity index (χ2v) is 5.69. The minimum absolute atomic E-state index is 0.0131. The summed E-state index contributed by atoms with van der Waals surface area (Å²) in [4.78, 5) is 5.18. The molecule has 2 nitrogen and oxygen atoms in total. The molecule has 0 aromatic carbocycles. The fraction of sp³-hybridized carbons (Fsp3) is 0.500. The number of hydrogen-bond acceptors (Lipinski definition) is 3. The zero-order valence-electron chi connectivity index (χ0n) is 8.24. The minimum atomic E-state index is 0.0131. The highest BCUT2D eigenvalue weighted by molar-refractivity contribution is 8.00. The molecule has 0 saturated heterocycles. The molecule has 1 heterocycles. The summed E-state index contributed by atoms with van der Waals surface area (Å²) in [5, 5.41) is 9.04. The molecular formula is C10H15NOS. The van der Waals surface area contributed by atoms with Crippen LogP contribution in [0.5, 0.6) is 0 Å². The van der Waals surface area contributed by atoms with Crippen LogP contribution in [-0.2, 0) is 6.61 Å². The molecule has 72 valence electrons. The molecule has 1 aromatic heterocycles. The van der Waals surface area contributed by atoms with E-state index in [0.29, 0.717) is 0 Å². The number of aliphatic hydroxyl groups is 1. The SMILES string of the molecule is CC(C)(C)Sc1cccnc1CO. The van der Waals surface area contributed by atoms with Gasteiger partial charge in [-0.15, -0.1) is 11.8 Å². The monoisotopic (exact) mass is 197 g/mol. The molecule has 0 aliphatic heterocycles. The van der Waals surface area contributed by atoms with Gasteiger partial charge in [-0.2, -0.15) is 0 Å². The number of aliphatic hydroxyl groups excluding tert-OH is 1. The quantitative estimate of drug-likeness (QED) is 0.739. The molecule has 3 heteroatoms. The summed E-state index contributed by atoms with van der Waals surface area (Å²) < 4.78 is 0.160. The average Bonchev–Trinajstić information content (AvgIpc) is 2.02. The standard InChI is InChI=1S/C10H15NOS/c1-10(2,3)13-9-5-4-6-11-8(9)7-12/h4-6,12H,7H2,1-3H3. The Balaban J connectivity index is 2.87. The number of hydrogen-bond donors (Lipinski definition) is 1. The van der Waals surface area contributed by atoms with Crippen LogP contribution in [0.25, 0.3) is 0 Å². The Morgan fingerprint density at radius 3 is 2.69 bits per heavy atom. The van der Waals surface area contributed by atoms with Crippen LogP contribution in [-0.4, -0.2) is 14.8 Å². The van der Waals surface area contributed by atoms with Gasteiger partial charge in [0.15, 0.2) is 0 Å². The highest BCUT2D eigenvalue weighted by Crippen LogP contribution is 2.33. The van der Waals surface area contributed by atoms with E-state index in [2.05, 4.69) is 25.8 Å². The fourth-order valence-corrected chi connectivity index (χ4v) is 2.01. The van der Waals surface area contributed by atoms with Gasteiger partial charge < -0.3 is 5.11 Å². The topological polar surface area (TPSA) is 33.1 Å². The lowest BCUT2D eigenvalue weighted by atomic mass is 10.3. The molecule has 0 bridgehead atoms. The van der Waals surface area contributed by atoms with Crippen LogP contribution < -0.4 is 0 Å². The normalized spacial score (nSPS) is 11.7. The van der Waals surface area contributed by atoms with Crippen LogP contribution in [0, 0.1) is 0 Å². The summed E-state index contributed by atoms with van der Waals surface area (Å²) in [6.07, 6.45) is 1.71. The molecule has 0 amide bonds. The number of pyridine rings is 1. The summed E-state index contributed by atoms with van der Waals surface area (Å²) in [7, 11) is 0. The molecule has 0 fully saturated rings. The van der Waals surface area contributed by atoms with E-state index in [1.807, 2.05) is 12.1 Å². The number of rotatable bonds is 2. The van der Waals surface area contributed by atoms with E-state index in [1.54, 1.807) is 18.0 Å². The number of aromatic nitrogens is 1. The Bertz CT molecular complexity index is 280. The number of nitrogens with zero attached hydrogens (tertiary/aromatic N) is 1. The second-order valence-electron chi connectivity index (χ2n) is 3.82. The van der Waals surface area contributed by atoms with Gasteiger partial charge in [0.2, 0.25) is 0 Å². The first-order valence-corrected chi connectivity index (χ1v) is 5.08. The summed E-state index contributed by atoms with van der Waals surface area (Å²) in [5.41, 5.74) is 0.766. The van der Waals surface area contributed by atoms with Crippen molar-refractivity contribution >= 4 is 11.8 Å². The van der Waals surface area contributed by atoms with Crippen molar-refractivity contribution in [3.05, 3.63) is 24.0 Å². The predicted octanol–water partition coefficient (Wildman–Crippen LogP) is 2.46. The van der Waals surface area contributed by atoms with Gasteiger partial charge in [-0.05, 0) is 12.1 Å². The fourth-order valence-electron chi connectivity index (χ4n) is 0.965. The average molecular weight is 197 g/mol. The van der Waals surface area contributed by atoms with Crippen LogP contribution in [0.2, 0.25) is 0 Å². The van der Waals surface area contributed by atoms with Gasteiger partial charge in [0.1, 0.15) is 0 Å². The molecule has 0 radical (unpaired) electrons. The van der Waals surface area contributed by atoms with Crippen molar-refractivity contribution in [3.8, 4) is 0 Å². The maximum Gasteiger partial charge on any atom is 0.0864 e. The smallest absolute Gasteiger partial charge is 0.0864 e. The zero-order valence-corrected chi connectivity index (χ0v) is 9.06. The van der Waals surface area contributed by atoms with Gasteiger partial charge in [-0.25, -0.2) is 0 Å². The minimum Gasteiger partial charge on any atom is -0.390 e. The summed E-state index contributed by atoms with van der Waals surface area (Å²) >= 11 is 1.73. The lowest BCUT2D eigenvalue weighted by molar-refractivity contribution is 0.273. The Hall–Kier alpha value is -0.540. The van der Waals surface area contributed by atoms with Gasteiger partial charge in [-0.3, -0.25) is 4.98 Å². The van der Waals surface area contributed by atoms with Gasteiger partial charge >= 0.3 is 0 Å². The van der Waals surface area contributed by atoms with E-state index >= 15 is 0 Å². The lowest BCUT2D eigenvalue weighted by Gasteiger charge is -2.18. The van der Waals surface area contributed by atoms with Crippen molar-refractivity contribution in [1.29, 1.82) is 0 Å². The van der Waals surface area contributed by atoms with Crippen molar-refractivity contribution in [3.63, 3.8) is 0 Å². The van der Waals surface area contributed by atoms with Crippen molar-refractivity contribution in [1.82, 2.24) is 4.98 Å². The molecule has 0 unspecified atom stereocenters. The molecule has 0 saturated carbocycles. The van der Waals surface area contributed by atoms with Crippen LogP contribution in [0.15, 0.2) is 23.2 Å². The van der Waals surface area contributed by atoms with Gasteiger partial charge in [-0.1, -0.05) is 20.8 Å². The van der Waals surface area contributed by atoms with Gasteiger partial charge in [0, 0.05) is 15.8 Å². The first-order chi connectivity index (χ1) is 6.03. The molecule has 1 rings (SSSR count). The molecular weight excluding hydrogens is 182 g/mol. The van der Waals surface area contributed by atoms with E-state index in [-0.39, 0.29) is 11.4 Å². The Kier molecular flexibility index (Phi) is 3.33. The third-order valence-electron chi connectivity index (χ3n) is 1.41. The summed E-state index contributed by atoms with van der Waals surface area (Å²) in [6, 6.07) is 3.89. The largest absolute Gasteiger partial charge is 0.390 e. The molecule has 1 aromatic rings. The van der Waals surface area contributed by atoms with E-state index in [4.69, 9.17) is 5.11 Å². The molecule has 13 heavy (non-hydrogen) atoms. The second kappa shape index (κ2) is 4.11. The third-order valence-corrected chi connectivity index (χ3v) is 2.62. The highest BCUT2D eigenvalue weighted by Gasteiger charge is 2.14. The van der Waals surface area contributed by atoms with Gasteiger partial charge in [0.05, 0.1) is 12.3 Å². The Morgan fingerprint density at radius 2 is 2.15 bits per heavy atom. The third kappa shape index (κ3) is 3.36. The van der Waals surface area contributed by atoms with Crippen LogP contribution in [0.4, 0.5) is 0 Å². The number of thioether (sulfide) groups is 1. The first-order valence-electron chi connectivity index (χ1n) is 4.27. The van der Waals surface area contributed by atoms with Crippen molar-refractivity contribution in [2.45, 2.75) is 37.0 Å². The maximum atomic E-state index is 9.04. The van der Waals surface area contributed by atoms with E-state index in [0.717, 1.165) is 10.6 Å². The van der Waals surface area contributed by atoms with Crippen LogP contribution in [0.1, 0.15) is 26.5 Å².